The van der Waals surface area contributed by atoms with Crippen molar-refractivity contribution in [3.63, 3.8) is 0 Å². The van der Waals surface area contributed by atoms with E-state index in [1.807, 2.05) is 19.1 Å². The Balaban J connectivity index is 1.54. The van der Waals surface area contributed by atoms with E-state index >= 15 is 0 Å². The molecular formula is C20H27ClN6OS. The Morgan fingerprint density at radius 3 is 2.55 bits per heavy atom. The van der Waals surface area contributed by atoms with Gasteiger partial charge < -0.3 is 16.4 Å². The van der Waals surface area contributed by atoms with Crippen LogP contribution in [0.25, 0.3) is 0 Å². The van der Waals surface area contributed by atoms with Crippen molar-refractivity contribution in [1.82, 2.24) is 20.3 Å². The molecule has 1 heterocycles. The lowest BCUT2D eigenvalue weighted by Gasteiger charge is -2.19. The summed E-state index contributed by atoms with van der Waals surface area (Å²) in [7, 11) is 0. The Morgan fingerprint density at radius 1 is 1.17 bits per heavy atom. The lowest BCUT2D eigenvalue weighted by Crippen LogP contribution is -2.39. The van der Waals surface area contributed by atoms with E-state index in [0.717, 1.165) is 18.5 Å². The van der Waals surface area contributed by atoms with Crippen molar-refractivity contribution in [2.75, 3.05) is 11.1 Å². The maximum Gasteiger partial charge on any atom is 0.233 e. The molecule has 0 bridgehead atoms. The predicted octanol–water partition coefficient (Wildman–Crippen LogP) is 4.31. The highest BCUT2D eigenvalue weighted by atomic mass is 35.5. The zero-order valence-electron chi connectivity index (χ0n) is 16.5. The molecule has 3 rings (SSSR count). The highest BCUT2D eigenvalue weighted by Crippen LogP contribution is 2.21. The summed E-state index contributed by atoms with van der Waals surface area (Å²) in [6, 6.07) is 7.52. The molecule has 1 saturated carbocycles. The third kappa shape index (κ3) is 7.04. The molecule has 2 aromatic rings. The molecule has 7 nitrogen and oxygen atoms in total. The van der Waals surface area contributed by atoms with Gasteiger partial charge in [-0.3, -0.25) is 4.79 Å². The summed E-state index contributed by atoms with van der Waals surface area (Å²) in [5.74, 6) is 1.59. The second-order valence-electron chi connectivity index (χ2n) is 7.22. The van der Waals surface area contributed by atoms with Crippen molar-refractivity contribution < 1.29 is 4.79 Å². The fourth-order valence-corrected chi connectivity index (χ4v) is 4.11. The number of halogens is 1. The van der Waals surface area contributed by atoms with Gasteiger partial charge in [-0.15, -0.1) is 11.8 Å². The maximum absolute atomic E-state index is 12.5. The summed E-state index contributed by atoms with van der Waals surface area (Å²) in [6.07, 6.45) is 7.08. The van der Waals surface area contributed by atoms with Gasteiger partial charge in [-0.2, -0.15) is 15.0 Å². The minimum absolute atomic E-state index is 0.0726. The van der Waals surface area contributed by atoms with Gasteiger partial charge >= 0.3 is 0 Å². The number of amides is 1. The summed E-state index contributed by atoms with van der Waals surface area (Å²) in [6.45, 7) is 1.91. The van der Waals surface area contributed by atoms with Crippen LogP contribution in [0.5, 0.6) is 0 Å². The number of benzene rings is 1. The molecular weight excluding hydrogens is 408 g/mol. The Labute approximate surface area is 180 Å². The molecule has 0 aliphatic heterocycles. The van der Waals surface area contributed by atoms with E-state index in [1.165, 1.54) is 37.4 Å². The van der Waals surface area contributed by atoms with E-state index in [0.29, 0.717) is 28.6 Å². The van der Waals surface area contributed by atoms with Gasteiger partial charge in [0, 0.05) is 16.8 Å². The Hall–Kier alpha value is -2.06. The molecule has 1 aliphatic carbocycles. The number of nitrogens with two attached hydrogens (primary N) is 1. The standard InChI is InChI=1S/C20H27ClN6OS/c1-13(18(28)23-15-6-4-2-3-5-7-15)29-12-17-25-19(22)27-20(26-17)24-16-10-8-14(21)9-11-16/h8-11,13,15H,2-7,12H2,1H3,(H,23,28)(H3,22,24,25,26,27)/t13-/m1/s1. The van der Waals surface area contributed by atoms with Gasteiger partial charge in [0.25, 0.3) is 0 Å². The monoisotopic (exact) mass is 434 g/mol. The van der Waals surface area contributed by atoms with E-state index < -0.39 is 0 Å². The SMILES string of the molecule is C[C@@H](SCc1nc(N)nc(Nc2ccc(Cl)cc2)n1)C(=O)NC1CCCCCC1. The van der Waals surface area contributed by atoms with Crippen molar-refractivity contribution in [2.24, 2.45) is 0 Å². The number of carbonyl (C=O) groups is 1. The summed E-state index contributed by atoms with van der Waals surface area (Å²) in [5.41, 5.74) is 6.63. The number of nitrogens with one attached hydrogen (secondary N) is 2. The van der Waals surface area contributed by atoms with Gasteiger partial charge in [0.1, 0.15) is 5.82 Å². The van der Waals surface area contributed by atoms with Gasteiger partial charge in [0.15, 0.2) is 0 Å². The second kappa shape index (κ2) is 10.6. The Bertz CT molecular complexity index is 811. The zero-order valence-corrected chi connectivity index (χ0v) is 18.1. The highest BCUT2D eigenvalue weighted by molar-refractivity contribution is 7.99. The van der Waals surface area contributed by atoms with Crippen LogP contribution in [0.4, 0.5) is 17.6 Å². The van der Waals surface area contributed by atoms with E-state index in [1.54, 1.807) is 12.1 Å². The number of nitrogen functional groups attached to an aromatic ring is 1. The number of carbonyl (C=O) groups excluding carboxylic acids is 1. The first-order chi connectivity index (χ1) is 14.0. The molecule has 156 valence electrons. The van der Waals surface area contributed by atoms with Crippen LogP contribution in [0, 0.1) is 0 Å². The quantitative estimate of drug-likeness (QED) is 0.557. The molecule has 0 saturated heterocycles. The van der Waals surface area contributed by atoms with E-state index in [-0.39, 0.29) is 17.1 Å². The van der Waals surface area contributed by atoms with Gasteiger partial charge in [-0.25, -0.2) is 0 Å². The van der Waals surface area contributed by atoms with Gasteiger partial charge in [0.2, 0.25) is 17.8 Å². The number of aromatic nitrogens is 3. The zero-order chi connectivity index (χ0) is 20.6. The molecule has 0 radical (unpaired) electrons. The predicted molar refractivity (Wildman–Crippen MR) is 119 cm³/mol. The Kier molecular flexibility index (Phi) is 7.94. The number of anilines is 3. The fourth-order valence-electron chi connectivity index (χ4n) is 3.24. The van der Waals surface area contributed by atoms with Crippen LogP contribution in [-0.4, -0.2) is 32.2 Å². The summed E-state index contributed by atoms with van der Waals surface area (Å²) in [5, 5.41) is 6.75. The van der Waals surface area contributed by atoms with E-state index in [2.05, 4.69) is 25.6 Å². The van der Waals surface area contributed by atoms with Crippen LogP contribution < -0.4 is 16.4 Å². The highest BCUT2D eigenvalue weighted by Gasteiger charge is 2.20. The first kappa shape index (κ1) is 21.6. The third-order valence-electron chi connectivity index (χ3n) is 4.83. The van der Waals surface area contributed by atoms with Crippen molar-refractivity contribution in [3.8, 4) is 0 Å². The van der Waals surface area contributed by atoms with Crippen molar-refractivity contribution in [3.05, 3.63) is 35.1 Å². The molecule has 1 aromatic heterocycles. The number of rotatable bonds is 7. The largest absolute Gasteiger partial charge is 0.368 e. The smallest absolute Gasteiger partial charge is 0.233 e. The lowest BCUT2D eigenvalue weighted by molar-refractivity contribution is -0.121. The molecule has 4 N–H and O–H groups in total. The number of thioether (sulfide) groups is 1. The average molecular weight is 435 g/mol. The molecule has 1 amide bonds. The topological polar surface area (TPSA) is 106 Å². The van der Waals surface area contributed by atoms with E-state index in [9.17, 15) is 4.79 Å². The molecule has 1 aliphatic rings. The van der Waals surface area contributed by atoms with Crippen LogP contribution in [0.3, 0.4) is 0 Å². The normalized spacial score (nSPS) is 16.1. The minimum Gasteiger partial charge on any atom is -0.368 e. The van der Waals surface area contributed by atoms with Crippen molar-refractivity contribution in [1.29, 1.82) is 0 Å². The molecule has 0 spiro atoms. The van der Waals surface area contributed by atoms with Crippen LogP contribution >= 0.6 is 23.4 Å². The summed E-state index contributed by atoms with van der Waals surface area (Å²) >= 11 is 7.40. The Morgan fingerprint density at radius 2 is 1.86 bits per heavy atom. The summed E-state index contributed by atoms with van der Waals surface area (Å²) in [4.78, 5) is 25.2. The lowest BCUT2D eigenvalue weighted by atomic mass is 10.1. The number of hydrogen-bond donors (Lipinski definition) is 3. The van der Waals surface area contributed by atoms with Gasteiger partial charge in [-0.1, -0.05) is 37.3 Å². The van der Waals surface area contributed by atoms with Crippen molar-refractivity contribution >= 4 is 46.9 Å². The fraction of sp³-hybridized carbons (Fsp3) is 0.500. The molecule has 29 heavy (non-hydrogen) atoms. The number of hydrogen-bond acceptors (Lipinski definition) is 7. The second-order valence-corrected chi connectivity index (χ2v) is 8.98. The molecule has 1 aromatic carbocycles. The maximum atomic E-state index is 12.5. The van der Waals surface area contributed by atoms with Gasteiger partial charge in [0.05, 0.1) is 11.0 Å². The van der Waals surface area contributed by atoms with Gasteiger partial charge in [-0.05, 0) is 44.0 Å². The molecule has 9 heteroatoms. The van der Waals surface area contributed by atoms with Crippen LogP contribution in [0.15, 0.2) is 24.3 Å². The average Bonchev–Trinajstić information content (AvgIpc) is 2.96. The number of nitrogens with zero attached hydrogens (tertiary/aromatic N) is 3. The summed E-state index contributed by atoms with van der Waals surface area (Å²) < 4.78 is 0. The van der Waals surface area contributed by atoms with E-state index in [4.69, 9.17) is 17.3 Å². The van der Waals surface area contributed by atoms with Crippen LogP contribution in [0.2, 0.25) is 5.02 Å². The first-order valence-electron chi connectivity index (χ1n) is 9.94. The third-order valence-corrected chi connectivity index (χ3v) is 6.22. The molecule has 1 fully saturated rings. The van der Waals surface area contributed by atoms with Crippen molar-refractivity contribution in [2.45, 2.75) is 62.5 Å². The minimum atomic E-state index is -0.191. The molecule has 1 atom stereocenters. The first-order valence-corrected chi connectivity index (χ1v) is 11.4. The molecule has 0 unspecified atom stereocenters. The van der Waals surface area contributed by atoms with Crippen LogP contribution in [0.1, 0.15) is 51.3 Å². The van der Waals surface area contributed by atoms with Crippen LogP contribution in [-0.2, 0) is 10.5 Å².